The summed E-state index contributed by atoms with van der Waals surface area (Å²) in [6, 6.07) is 17.9. The molecule has 0 saturated heterocycles. The van der Waals surface area contributed by atoms with Crippen LogP contribution in [-0.4, -0.2) is 39.9 Å². The van der Waals surface area contributed by atoms with Gasteiger partial charge < -0.3 is 14.2 Å². The Kier molecular flexibility index (Phi) is 9.55. The van der Waals surface area contributed by atoms with E-state index in [1.165, 1.54) is 11.8 Å². The van der Waals surface area contributed by atoms with Gasteiger partial charge in [0.15, 0.2) is 16.7 Å². The molecular formula is C27H26Cl2N4O5S. The maximum atomic E-state index is 11.7. The Morgan fingerprint density at radius 2 is 1.79 bits per heavy atom. The van der Waals surface area contributed by atoms with Gasteiger partial charge in [0.05, 0.1) is 13.7 Å². The van der Waals surface area contributed by atoms with E-state index in [9.17, 15) is 10.1 Å². The molecular weight excluding hydrogens is 563 g/mol. The third kappa shape index (κ3) is 7.14. The first kappa shape index (κ1) is 28.5. The molecule has 0 amide bonds. The highest BCUT2D eigenvalue weighted by Gasteiger charge is 2.25. The number of ether oxygens (including phenoxy) is 3. The Balaban J connectivity index is 1.62. The Bertz CT molecular complexity index is 1450. The van der Waals surface area contributed by atoms with Crippen LogP contribution in [0.1, 0.15) is 29.1 Å². The summed E-state index contributed by atoms with van der Waals surface area (Å²) in [6.07, 6.45) is 0. The number of hydrogen-bond donors (Lipinski definition) is 0. The minimum atomic E-state index is -0.570. The molecule has 0 aliphatic heterocycles. The molecule has 12 heteroatoms. The van der Waals surface area contributed by atoms with Crippen LogP contribution in [0.2, 0.25) is 10.0 Å². The van der Waals surface area contributed by atoms with E-state index in [-0.39, 0.29) is 18.1 Å². The highest BCUT2D eigenvalue weighted by Crippen LogP contribution is 2.40. The third-order valence-corrected chi connectivity index (χ3v) is 7.49. The van der Waals surface area contributed by atoms with E-state index >= 15 is 0 Å². The predicted molar refractivity (Wildman–Crippen MR) is 152 cm³/mol. The van der Waals surface area contributed by atoms with E-state index in [0.717, 1.165) is 11.3 Å². The smallest absolute Gasteiger partial charge is 0.220 e. The molecule has 1 atom stereocenters. The summed E-state index contributed by atoms with van der Waals surface area (Å²) in [5, 5.41) is 21.2. The fourth-order valence-electron chi connectivity index (χ4n) is 3.83. The van der Waals surface area contributed by atoms with Gasteiger partial charge in [-0.3, -0.25) is 14.7 Å². The maximum Gasteiger partial charge on any atom is 0.220 e. The highest BCUT2D eigenvalue weighted by molar-refractivity contribution is 7.99. The van der Waals surface area contributed by atoms with Crippen molar-refractivity contribution in [2.75, 3.05) is 20.3 Å². The summed E-state index contributed by atoms with van der Waals surface area (Å²) >= 11 is 13.5. The van der Waals surface area contributed by atoms with Gasteiger partial charge >= 0.3 is 0 Å². The number of benzene rings is 3. The van der Waals surface area contributed by atoms with E-state index in [1.54, 1.807) is 43.5 Å². The lowest BCUT2D eigenvalue weighted by atomic mass is 10.1. The molecule has 1 aromatic heterocycles. The fourth-order valence-corrected chi connectivity index (χ4v) is 5.46. The quantitative estimate of drug-likeness (QED) is 0.0991. The molecule has 204 valence electrons. The van der Waals surface area contributed by atoms with E-state index in [2.05, 4.69) is 10.2 Å². The standard InChI is InChI=1S/C27H26Cl2N4O5S/c1-4-37-25-13-18(6-12-24(25)38-16-19-5-7-20(28)14-23(19)29)26(15-32(34)35)39-27-31-30-17(2)33(27)21-8-10-22(36-3)11-9-21/h5-14,26H,4,15-16H2,1-3H3/t26-/m0/s1. The van der Waals surface area contributed by atoms with Gasteiger partial charge in [0.1, 0.15) is 23.4 Å². The molecule has 39 heavy (non-hydrogen) atoms. The van der Waals surface area contributed by atoms with Crippen molar-refractivity contribution < 1.29 is 19.1 Å². The number of nitro groups is 1. The molecule has 3 aromatic carbocycles. The SMILES string of the molecule is CCOc1cc([C@H](C[N+](=O)[O-])Sc2nnc(C)n2-c2ccc(OC)cc2)ccc1OCc1ccc(Cl)cc1Cl. The molecule has 0 aliphatic carbocycles. The van der Waals surface area contributed by atoms with Crippen LogP contribution in [0, 0.1) is 17.0 Å². The van der Waals surface area contributed by atoms with Gasteiger partial charge in [-0.25, -0.2) is 0 Å². The minimum Gasteiger partial charge on any atom is -0.497 e. The summed E-state index contributed by atoms with van der Waals surface area (Å²) in [5.74, 6) is 2.34. The summed E-state index contributed by atoms with van der Waals surface area (Å²) in [7, 11) is 1.60. The van der Waals surface area contributed by atoms with Gasteiger partial charge in [0, 0.05) is 26.2 Å². The van der Waals surface area contributed by atoms with Crippen LogP contribution in [0.15, 0.2) is 65.8 Å². The van der Waals surface area contributed by atoms with Crippen molar-refractivity contribution in [1.29, 1.82) is 0 Å². The molecule has 9 nitrogen and oxygen atoms in total. The van der Waals surface area contributed by atoms with Crippen LogP contribution in [-0.2, 0) is 6.61 Å². The van der Waals surface area contributed by atoms with Gasteiger partial charge in [0.25, 0.3) is 0 Å². The Hall–Kier alpha value is -3.47. The summed E-state index contributed by atoms with van der Waals surface area (Å²) in [4.78, 5) is 11.3. The average molecular weight is 590 g/mol. The molecule has 0 spiro atoms. The first-order valence-electron chi connectivity index (χ1n) is 12.0. The number of thioether (sulfide) groups is 1. The fraction of sp³-hybridized carbons (Fsp3) is 0.259. The zero-order valence-corrected chi connectivity index (χ0v) is 23.8. The molecule has 0 radical (unpaired) electrons. The zero-order valence-electron chi connectivity index (χ0n) is 21.5. The molecule has 4 aromatic rings. The summed E-state index contributed by atoms with van der Waals surface area (Å²) in [6.45, 7) is 3.95. The molecule has 0 unspecified atom stereocenters. The van der Waals surface area contributed by atoms with E-state index in [4.69, 9.17) is 37.4 Å². The molecule has 0 saturated carbocycles. The van der Waals surface area contributed by atoms with Gasteiger partial charge in [0.2, 0.25) is 6.54 Å². The number of rotatable bonds is 12. The number of methoxy groups -OCH3 is 1. The van der Waals surface area contributed by atoms with Crippen molar-refractivity contribution in [1.82, 2.24) is 14.8 Å². The van der Waals surface area contributed by atoms with Crippen molar-refractivity contribution in [3.63, 3.8) is 0 Å². The number of halogens is 2. The summed E-state index contributed by atoms with van der Waals surface area (Å²) < 4.78 is 18.9. The topological polar surface area (TPSA) is 102 Å². The monoisotopic (exact) mass is 588 g/mol. The molecule has 1 heterocycles. The second-order valence-electron chi connectivity index (χ2n) is 8.35. The van der Waals surface area contributed by atoms with Crippen LogP contribution < -0.4 is 14.2 Å². The Labute approximate surface area is 240 Å². The lowest BCUT2D eigenvalue weighted by Crippen LogP contribution is -2.12. The number of hydrogen-bond acceptors (Lipinski definition) is 8. The second-order valence-corrected chi connectivity index (χ2v) is 10.4. The molecule has 0 N–H and O–H groups in total. The maximum absolute atomic E-state index is 11.7. The Morgan fingerprint density at radius 3 is 2.46 bits per heavy atom. The lowest BCUT2D eigenvalue weighted by molar-refractivity contribution is -0.479. The normalized spacial score (nSPS) is 11.7. The van der Waals surface area contributed by atoms with E-state index in [0.29, 0.717) is 50.4 Å². The summed E-state index contributed by atoms with van der Waals surface area (Å²) in [5.41, 5.74) is 2.28. The van der Waals surface area contributed by atoms with Crippen LogP contribution in [0.3, 0.4) is 0 Å². The number of aromatic nitrogens is 3. The van der Waals surface area contributed by atoms with Gasteiger partial charge in [-0.05, 0) is 67.9 Å². The van der Waals surface area contributed by atoms with Crippen molar-refractivity contribution in [3.8, 4) is 22.9 Å². The molecule has 4 rings (SSSR count). The van der Waals surface area contributed by atoms with Crippen LogP contribution in [0.25, 0.3) is 5.69 Å². The van der Waals surface area contributed by atoms with Gasteiger partial charge in [-0.1, -0.05) is 47.1 Å². The van der Waals surface area contributed by atoms with Crippen molar-refractivity contribution in [2.24, 2.45) is 0 Å². The predicted octanol–water partition coefficient (Wildman–Crippen LogP) is 6.98. The van der Waals surface area contributed by atoms with Gasteiger partial charge in [-0.15, -0.1) is 10.2 Å². The first-order valence-corrected chi connectivity index (χ1v) is 13.6. The second kappa shape index (κ2) is 13.1. The van der Waals surface area contributed by atoms with Gasteiger partial charge in [-0.2, -0.15) is 0 Å². The van der Waals surface area contributed by atoms with Crippen molar-refractivity contribution >= 4 is 35.0 Å². The molecule has 0 bridgehead atoms. The zero-order chi connectivity index (χ0) is 27.9. The largest absolute Gasteiger partial charge is 0.497 e. The Morgan fingerprint density at radius 1 is 1.03 bits per heavy atom. The van der Waals surface area contributed by atoms with Crippen molar-refractivity contribution in [3.05, 3.63) is 97.8 Å². The van der Waals surface area contributed by atoms with Crippen LogP contribution >= 0.6 is 35.0 Å². The highest BCUT2D eigenvalue weighted by atomic mass is 35.5. The minimum absolute atomic E-state index is 0.201. The molecule has 0 aliphatic rings. The number of nitrogens with zero attached hydrogens (tertiary/aromatic N) is 4. The van der Waals surface area contributed by atoms with E-state index in [1.807, 2.05) is 42.7 Å². The van der Waals surface area contributed by atoms with Crippen LogP contribution in [0.4, 0.5) is 0 Å². The lowest BCUT2D eigenvalue weighted by Gasteiger charge is -2.18. The number of aryl methyl sites for hydroxylation is 1. The first-order chi connectivity index (χ1) is 18.8. The molecule has 0 fully saturated rings. The third-order valence-electron chi connectivity index (χ3n) is 5.73. The van der Waals surface area contributed by atoms with Crippen LogP contribution in [0.5, 0.6) is 17.2 Å². The van der Waals surface area contributed by atoms with Crippen molar-refractivity contribution in [2.45, 2.75) is 30.9 Å². The average Bonchev–Trinajstić information content (AvgIpc) is 3.28. The van der Waals surface area contributed by atoms with E-state index < -0.39 is 5.25 Å².